The lowest BCUT2D eigenvalue weighted by Crippen LogP contribution is -2.41. The zero-order chi connectivity index (χ0) is 28.8. The van der Waals surface area contributed by atoms with E-state index in [1.807, 2.05) is 0 Å². The van der Waals surface area contributed by atoms with Crippen LogP contribution in [0.1, 0.15) is 65.4 Å². The number of esters is 1. The van der Waals surface area contributed by atoms with Crippen LogP contribution in [-0.2, 0) is 28.9 Å². The largest absolute Gasteiger partial charge is 0.461 e. The number of rotatable bonds is 4. The zero-order valence-electron chi connectivity index (χ0n) is 22.8. The van der Waals surface area contributed by atoms with E-state index in [9.17, 15) is 14.4 Å². The van der Waals surface area contributed by atoms with E-state index in [0.717, 1.165) is 0 Å². The molecule has 0 unspecified atom stereocenters. The molecule has 9 nitrogen and oxygen atoms in total. The van der Waals surface area contributed by atoms with Crippen LogP contribution in [0.4, 0.5) is 14.9 Å². The van der Waals surface area contributed by atoms with Gasteiger partial charge in [-0.3, -0.25) is 4.79 Å². The SMILES string of the molecule is CCOC(=O)c1nn(-c2cccc(Cl)c2)c2c1CCN(c1cc(F)c3c(c1)CN(C(=O)OC(C)(C)C)CC3)C2=O. The summed E-state index contributed by atoms with van der Waals surface area (Å²) in [4.78, 5) is 42.4. The Hall–Kier alpha value is -3.92. The second-order valence-corrected chi connectivity index (χ2v) is 11.1. The van der Waals surface area contributed by atoms with Gasteiger partial charge >= 0.3 is 12.1 Å². The molecule has 0 aliphatic carbocycles. The number of fused-ring (bicyclic) bond motifs is 2. The standard InChI is InChI=1S/C29H30ClFN4O5/c1-5-39-27(37)24-22-10-12-34(26(36)25(22)35(32-24)19-8-6-7-18(30)14-19)20-13-17-16-33(28(38)40-29(2,3)4)11-9-21(17)23(31)15-20/h6-8,13-15H,5,9-12,16H2,1-4H3. The molecule has 0 saturated carbocycles. The lowest BCUT2D eigenvalue weighted by Gasteiger charge is -2.33. The van der Waals surface area contributed by atoms with E-state index in [4.69, 9.17) is 21.1 Å². The summed E-state index contributed by atoms with van der Waals surface area (Å²) >= 11 is 6.21. The Morgan fingerprint density at radius 1 is 1.07 bits per heavy atom. The van der Waals surface area contributed by atoms with Crippen LogP contribution in [0.3, 0.4) is 0 Å². The fourth-order valence-corrected chi connectivity index (χ4v) is 5.22. The van der Waals surface area contributed by atoms with Crippen molar-refractivity contribution in [3.8, 4) is 5.69 Å². The van der Waals surface area contributed by atoms with Crippen molar-refractivity contribution in [1.82, 2.24) is 14.7 Å². The molecular formula is C29H30ClFN4O5. The number of anilines is 1. The van der Waals surface area contributed by atoms with Crippen LogP contribution in [-0.4, -0.2) is 57.9 Å². The molecule has 0 spiro atoms. The Bertz CT molecular complexity index is 1510. The minimum absolute atomic E-state index is 0.0643. The second-order valence-electron chi connectivity index (χ2n) is 10.7. The summed E-state index contributed by atoms with van der Waals surface area (Å²) < 4.78 is 27.4. The number of hydrogen-bond acceptors (Lipinski definition) is 6. The first kappa shape index (κ1) is 27.6. The Morgan fingerprint density at radius 3 is 2.52 bits per heavy atom. The number of amides is 2. The maximum absolute atomic E-state index is 15.3. The molecule has 3 aromatic rings. The molecule has 0 N–H and O–H groups in total. The molecule has 2 aliphatic heterocycles. The summed E-state index contributed by atoms with van der Waals surface area (Å²) in [5.41, 5.74) is 2.04. The molecule has 3 heterocycles. The summed E-state index contributed by atoms with van der Waals surface area (Å²) in [7, 11) is 0. The summed E-state index contributed by atoms with van der Waals surface area (Å²) in [6.45, 7) is 7.92. The van der Waals surface area contributed by atoms with Gasteiger partial charge in [0.05, 0.1) is 12.3 Å². The topological polar surface area (TPSA) is 94.0 Å². The normalized spacial score (nSPS) is 15.0. The number of halogens is 2. The molecule has 2 aromatic carbocycles. The van der Waals surface area contributed by atoms with Crippen LogP contribution < -0.4 is 4.90 Å². The molecule has 5 rings (SSSR count). The maximum Gasteiger partial charge on any atom is 0.410 e. The van der Waals surface area contributed by atoms with E-state index >= 15 is 4.39 Å². The maximum atomic E-state index is 15.3. The third-order valence-electron chi connectivity index (χ3n) is 6.77. The van der Waals surface area contributed by atoms with Crippen molar-refractivity contribution >= 4 is 35.3 Å². The number of carbonyl (C=O) groups is 3. The molecule has 0 atom stereocenters. The second kappa shape index (κ2) is 10.6. The third-order valence-corrected chi connectivity index (χ3v) is 7.00. The monoisotopic (exact) mass is 568 g/mol. The molecule has 1 aromatic heterocycles. The lowest BCUT2D eigenvalue weighted by molar-refractivity contribution is 0.0222. The number of nitrogens with zero attached hydrogens (tertiary/aromatic N) is 4. The Labute approximate surface area is 236 Å². The molecule has 0 saturated heterocycles. The average molecular weight is 569 g/mol. The highest BCUT2D eigenvalue weighted by Crippen LogP contribution is 2.33. The predicted octanol–water partition coefficient (Wildman–Crippen LogP) is 5.34. The molecule has 2 aliphatic rings. The van der Waals surface area contributed by atoms with E-state index in [1.165, 1.54) is 20.5 Å². The van der Waals surface area contributed by atoms with Gasteiger partial charge in [0, 0.05) is 35.9 Å². The van der Waals surface area contributed by atoms with Gasteiger partial charge in [-0.2, -0.15) is 5.10 Å². The van der Waals surface area contributed by atoms with Gasteiger partial charge in [-0.1, -0.05) is 17.7 Å². The van der Waals surface area contributed by atoms with Gasteiger partial charge in [-0.05, 0) is 82.0 Å². The Morgan fingerprint density at radius 2 is 1.82 bits per heavy atom. The lowest BCUT2D eigenvalue weighted by atomic mass is 9.97. The Balaban J connectivity index is 1.52. The number of carbonyl (C=O) groups excluding carboxylic acids is 3. The van der Waals surface area contributed by atoms with Gasteiger partial charge < -0.3 is 19.3 Å². The van der Waals surface area contributed by atoms with Crippen molar-refractivity contribution in [2.24, 2.45) is 0 Å². The van der Waals surface area contributed by atoms with Gasteiger partial charge in [0.25, 0.3) is 5.91 Å². The molecule has 0 radical (unpaired) electrons. The van der Waals surface area contributed by atoms with Crippen molar-refractivity contribution < 1.29 is 28.2 Å². The van der Waals surface area contributed by atoms with E-state index in [-0.39, 0.29) is 31.1 Å². The smallest absolute Gasteiger partial charge is 0.410 e. The molecule has 2 amide bonds. The number of aromatic nitrogens is 2. The van der Waals surface area contributed by atoms with Crippen molar-refractivity contribution in [3.63, 3.8) is 0 Å². The van der Waals surface area contributed by atoms with E-state index < -0.39 is 29.4 Å². The van der Waals surface area contributed by atoms with Gasteiger partial charge in [-0.15, -0.1) is 0 Å². The molecule has 210 valence electrons. The molecule has 11 heteroatoms. The summed E-state index contributed by atoms with van der Waals surface area (Å²) in [5, 5.41) is 4.89. The van der Waals surface area contributed by atoms with Crippen LogP contribution in [0.25, 0.3) is 5.69 Å². The molecule has 40 heavy (non-hydrogen) atoms. The fraction of sp³-hybridized carbons (Fsp3) is 0.379. The summed E-state index contributed by atoms with van der Waals surface area (Å²) in [6, 6.07) is 9.86. The fourth-order valence-electron chi connectivity index (χ4n) is 5.03. The van der Waals surface area contributed by atoms with Crippen LogP contribution in [0.5, 0.6) is 0 Å². The highest BCUT2D eigenvalue weighted by molar-refractivity contribution is 6.30. The van der Waals surface area contributed by atoms with Crippen molar-refractivity contribution in [1.29, 1.82) is 0 Å². The summed E-state index contributed by atoms with van der Waals surface area (Å²) in [5.74, 6) is -1.50. The van der Waals surface area contributed by atoms with Gasteiger partial charge in [-0.25, -0.2) is 18.7 Å². The zero-order valence-corrected chi connectivity index (χ0v) is 23.5. The van der Waals surface area contributed by atoms with Crippen LogP contribution >= 0.6 is 11.6 Å². The molecule has 0 bridgehead atoms. The highest BCUT2D eigenvalue weighted by Gasteiger charge is 2.36. The summed E-state index contributed by atoms with van der Waals surface area (Å²) in [6.07, 6.45) is 0.168. The minimum Gasteiger partial charge on any atom is -0.461 e. The molecule has 0 fully saturated rings. The van der Waals surface area contributed by atoms with Crippen molar-refractivity contribution in [2.45, 2.75) is 52.7 Å². The molecular weight excluding hydrogens is 539 g/mol. The predicted molar refractivity (Wildman–Crippen MR) is 147 cm³/mol. The van der Waals surface area contributed by atoms with Gasteiger partial charge in [0.15, 0.2) is 5.69 Å². The average Bonchev–Trinajstić information content (AvgIpc) is 3.28. The number of ether oxygens (including phenoxy) is 2. The highest BCUT2D eigenvalue weighted by atomic mass is 35.5. The van der Waals surface area contributed by atoms with Crippen LogP contribution in [0.2, 0.25) is 5.02 Å². The van der Waals surface area contributed by atoms with Crippen molar-refractivity contribution in [3.05, 3.63) is 75.3 Å². The first-order valence-corrected chi connectivity index (χ1v) is 13.5. The van der Waals surface area contributed by atoms with E-state index in [2.05, 4.69) is 5.10 Å². The number of benzene rings is 2. The van der Waals surface area contributed by atoms with Crippen LogP contribution in [0, 0.1) is 5.82 Å². The first-order valence-electron chi connectivity index (χ1n) is 13.1. The van der Waals surface area contributed by atoms with E-state index in [0.29, 0.717) is 52.5 Å². The van der Waals surface area contributed by atoms with Crippen LogP contribution in [0.15, 0.2) is 36.4 Å². The van der Waals surface area contributed by atoms with E-state index in [1.54, 1.807) is 58.0 Å². The Kier molecular flexibility index (Phi) is 7.31. The minimum atomic E-state index is -0.656. The quantitative estimate of drug-likeness (QED) is 0.395. The number of hydrogen-bond donors (Lipinski definition) is 0. The third kappa shape index (κ3) is 5.28. The van der Waals surface area contributed by atoms with Gasteiger partial charge in [0.1, 0.15) is 17.1 Å². The van der Waals surface area contributed by atoms with Gasteiger partial charge in [0.2, 0.25) is 0 Å². The first-order chi connectivity index (χ1) is 19.0. The van der Waals surface area contributed by atoms with Crippen molar-refractivity contribution in [2.75, 3.05) is 24.6 Å².